The Kier molecular flexibility index (Phi) is 4.21. The van der Waals surface area contributed by atoms with E-state index in [2.05, 4.69) is 10.2 Å². The molecule has 0 radical (unpaired) electrons. The summed E-state index contributed by atoms with van der Waals surface area (Å²) >= 11 is 0. The van der Waals surface area contributed by atoms with Crippen molar-refractivity contribution in [2.75, 3.05) is 31.8 Å². The lowest BCUT2D eigenvalue weighted by Crippen LogP contribution is -2.59. The lowest BCUT2D eigenvalue weighted by atomic mass is 10.2. The lowest BCUT2D eigenvalue weighted by molar-refractivity contribution is -0.120. The molecule has 1 N–H and O–H groups in total. The third kappa shape index (κ3) is 2.95. The molecular weight excluding hydrogens is 322 g/mol. The van der Waals surface area contributed by atoms with Crippen molar-refractivity contribution in [2.45, 2.75) is 13.1 Å². The van der Waals surface area contributed by atoms with Crippen molar-refractivity contribution in [2.24, 2.45) is 0 Å². The van der Waals surface area contributed by atoms with Gasteiger partial charge in [-0.05, 0) is 6.92 Å². The highest BCUT2D eigenvalue weighted by Gasteiger charge is 2.37. The van der Waals surface area contributed by atoms with Gasteiger partial charge in [-0.15, -0.1) is 0 Å². The molecule has 0 saturated carbocycles. The molecule has 0 unspecified atom stereocenters. The van der Waals surface area contributed by atoms with E-state index < -0.39 is 29.8 Å². The number of pyridine rings is 1. The smallest absolute Gasteiger partial charge is 0.426 e. The number of carbonyl (C=O) groups excluding carboxylic acids is 3. The van der Waals surface area contributed by atoms with E-state index in [-0.39, 0.29) is 17.6 Å². The van der Waals surface area contributed by atoms with Crippen LogP contribution in [0.4, 0.5) is 4.79 Å². The first kappa shape index (κ1) is 16.0. The van der Waals surface area contributed by atoms with Crippen LogP contribution in [-0.2, 0) is 14.3 Å². The van der Waals surface area contributed by atoms with Crippen LogP contribution in [0.15, 0.2) is 17.1 Å². The topological polar surface area (TPSA) is 116 Å². The fourth-order valence-electron chi connectivity index (χ4n) is 2.45. The Hall–Kier alpha value is -2.88. The van der Waals surface area contributed by atoms with Crippen LogP contribution in [0.5, 0.6) is 5.75 Å². The highest BCUT2D eigenvalue weighted by atomic mass is 16.7. The van der Waals surface area contributed by atoms with Gasteiger partial charge in [-0.2, -0.15) is 0 Å². The van der Waals surface area contributed by atoms with Gasteiger partial charge in [-0.3, -0.25) is 19.1 Å². The monoisotopic (exact) mass is 337 g/mol. The van der Waals surface area contributed by atoms with Crippen LogP contribution < -0.4 is 15.6 Å². The quantitative estimate of drug-likeness (QED) is 0.720. The summed E-state index contributed by atoms with van der Waals surface area (Å²) in [6.45, 7) is 1.77. The molecule has 2 aliphatic rings. The number of rotatable bonds is 3. The molecular formula is C14H15N3O7. The van der Waals surface area contributed by atoms with E-state index >= 15 is 0 Å². The third-order valence-electron chi connectivity index (χ3n) is 3.51. The number of morpholine rings is 1. The number of carbonyl (C=O) groups is 3. The summed E-state index contributed by atoms with van der Waals surface area (Å²) in [5.74, 6) is -1.30. The van der Waals surface area contributed by atoms with Crippen molar-refractivity contribution in [3.05, 3.63) is 28.2 Å². The van der Waals surface area contributed by atoms with Crippen molar-refractivity contribution in [1.82, 2.24) is 9.58 Å². The Morgan fingerprint density at radius 3 is 2.96 bits per heavy atom. The highest BCUT2D eigenvalue weighted by molar-refractivity contribution is 5.97. The molecule has 1 amide bonds. The zero-order valence-electron chi connectivity index (χ0n) is 12.8. The SMILES string of the molecule is CC(=O)COC(=O)Oc1c2n(ccc1=O)N[C@@H]1COCCN1C2=O. The Morgan fingerprint density at radius 1 is 1.42 bits per heavy atom. The number of Topliss-reactive ketones (excluding diaryl/α,β-unsaturated/α-hetero) is 1. The molecule has 2 aliphatic heterocycles. The standard InChI is InChI=1S/C14H15N3O7/c1-8(18)6-23-14(21)24-12-9(19)2-3-17-11(12)13(20)16-4-5-22-7-10(16)15-17/h2-3,10,15H,4-7H2,1H3/t10-/m0/s1. The number of hydrogen-bond acceptors (Lipinski definition) is 8. The van der Waals surface area contributed by atoms with E-state index in [1.165, 1.54) is 22.7 Å². The predicted molar refractivity (Wildman–Crippen MR) is 78.4 cm³/mol. The van der Waals surface area contributed by atoms with Gasteiger partial charge in [0.25, 0.3) is 5.91 Å². The summed E-state index contributed by atoms with van der Waals surface area (Å²) in [6, 6.07) is 1.15. The molecule has 0 bridgehead atoms. The largest absolute Gasteiger partial charge is 0.514 e. The first-order valence-electron chi connectivity index (χ1n) is 7.22. The number of fused-ring (bicyclic) bond motifs is 2. The van der Waals surface area contributed by atoms with Crippen molar-refractivity contribution in [3.63, 3.8) is 0 Å². The summed E-state index contributed by atoms with van der Waals surface area (Å²) < 4.78 is 16.1. The van der Waals surface area contributed by atoms with Crippen LogP contribution in [0.3, 0.4) is 0 Å². The molecule has 10 nitrogen and oxygen atoms in total. The molecule has 128 valence electrons. The van der Waals surface area contributed by atoms with Gasteiger partial charge in [-0.25, -0.2) is 4.79 Å². The maximum Gasteiger partial charge on any atom is 0.514 e. The van der Waals surface area contributed by atoms with E-state index in [0.29, 0.717) is 19.8 Å². The normalized spacial score (nSPS) is 19.0. The second-order valence-corrected chi connectivity index (χ2v) is 5.29. The molecule has 1 fully saturated rings. The number of hydrogen-bond donors (Lipinski definition) is 1. The Morgan fingerprint density at radius 2 is 2.21 bits per heavy atom. The van der Waals surface area contributed by atoms with Crippen molar-refractivity contribution in [3.8, 4) is 5.75 Å². The molecule has 1 aromatic heterocycles. The van der Waals surface area contributed by atoms with Gasteiger partial charge in [0.05, 0.1) is 13.2 Å². The maximum absolute atomic E-state index is 12.7. The number of nitrogens with zero attached hydrogens (tertiary/aromatic N) is 2. The number of aromatic nitrogens is 1. The minimum absolute atomic E-state index is 0.111. The summed E-state index contributed by atoms with van der Waals surface area (Å²) in [5.41, 5.74) is 2.23. The summed E-state index contributed by atoms with van der Waals surface area (Å²) in [6.07, 6.45) is -0.234. The molecule has 1 atom stereocenters. The average molecular weight is 337 g/mol. The molecule has 1 aromatic rings. The van der Waals surface area contributed by atoms with E-state index in [0.717, 1.165) is 6.07 Å². The van der Waals surface area contributed by atoms with Gasteiger partial charge >= 0.3 is 6.16 Å². The number of ketones is 1. The van der Waals surface area contributed by atoms with Crippen molar-refractivity contribution >= 4 is 17.8 Å². The average Bonchev–Trinajstić information content (AvgIpc) is 2.56. The fourth-order valence-corrected chi connectivity index (χ4v) is 2.45. The van der Waals surface area contributed by atoms with Crippen LogP contribution in [-0.4, -0.2) is 60.0 Å². The van der Waals surface area contributed by atoms with Gasteiger partial charge in [0.2, 0.25) is 11.2 Å². The minimum atomic E-state index is -1.23. The van der Waals surface area contributed by atoms with Gasteiger partial charge in [0, 0.05) is 18.8 Å². The summed E-state index contributed by atoms with van der Waals surface area (Å²) in [7, 11) is 0. The van der Waals surface area contributed by atoms with E-state index in [1.807, 2.05) is 0 Å². The first-order chi connectivity index (χ1) is 11.5. The van der Waals surface area contributed by atoms with E-state index in [1.54, 1.807) is 0 Å². The zero-order chi connectivity index (χ0) is 17.3. The third-order valence-corrected chi connectivity index (χ3v) is 3.51. The van der Waals surface area contributed by atoms with Crippen LogP contribution in [0, 0.1) is 0 Å². The highest BCUT2D eigenvalue weighted by Crippen LogP contribution is 2.22. The Bertz CT molecular complexity index is 757. The molecule has 10 heteroatoms. The van der Waals surface area contributed by atoms with Gasteiger partial charge < -0.3 is 24.5 Å². The van der Waals surface area contributed by atoms with Gasteiger partial charge in [0.15, 0.2) is 18.1 Å². The van der Waals surface area contributed by atoms with Gasteiger partial charge in [0.1, 0.15) is 6.17 Å². The molecule has 0 aromatic carbocycles. The lowest BCUT2D eigenvalue weighted by Gasteiger charge is -2.41. The van der Waals surface area contributed by atoms with Crippen LogP contribution in [0.2, 0.25) is 0 Å². The van der Waals surface area contributed by atoms with E-state index in [9.17, 15) is 19.2 Å². The molecule has 0 spiro atoms. The predicted octanol–water partition coefficient (Wildman–Crippen LogP) is -0.692. The van der Waals surface area contributed by atoms with Crippen molar-refractivity contribution in [1.29, 1.82) is 0 Å². The van der Waals surface area contributed by atoms with E-state index in [4.69, 9.17) is 9.47 Å². The number of ether oxygens (including phenoxy) is 3. The molecule has 1 saturated heterocycles. The fraction of sp³-hybridized carbons (Fsp3) is 0.429. The van der Waals surface area contributed by atoms with Crippen molar-refractivity contribution < 1.29 is 28.6 Å². The van der Waals surface area contributed by atoms with Crippen LogP contribution in [0.1, 0.15) is 17.4 Å². The Balaban J connectivity index is 1.91. The molecule has 3 heterocycles. The van der Waals surface area contributed by atoms with Crippen LogP contribution in [0.25, 0.3) is 0 Å². The van der Waals surface area contributed by atoms with Crippen LogP contribution >= 0.6 is 0 Å². The number of nitrogens with one attached hydrogen (secondary N) is 1. The Labute approximate surface area is 135 Å². The minimum Gasteiger partial charge on any atom is -0.426 e. The molecule has 3 rings (SSSR count). The maximum atomic E-state index is 12.7. The molecule has 0 aliphatic carbocycles. The zero-order valence-corrected chi connectivity index (χ0v) is 12.8. The first-order valence-corrected chi connectivity index (χ1v) is 7.22. The molecule has 24 heavy (non-hydrogen) atoms. The summed E-state index contributed by atoms with van der Waals surface area (Å²) in [5, 5.41) is 0. The van der Waals surface area contributed by atoms with Gasteiger partial charge in [-0.1, -0.05) is 0 Å². The number of amides is 1. The second kappa shape index (κ2) is 6.32. The summed E-state index contributed by atoms with van der Waals surface area (Å²) in [4.78, 5) is 48.6. The second-order valence-electron chi connectivity index (χ2n) is 5.29.